The molecular formula is C23H31N3O2. The first-order valence-corrected chi connectivity index (χ1v) is 10.7. The molecule has 0 radical (unpaired) electrons. The molecule has 2 fully saturated rings. The molecule has 1 amide bonds. The van der Waals surface area contributed by atoms with E-state index in [-0.39, 0.29) is 5.91 Å². The van der Waals surface area contributed by atoms with Gasteiger partial charge in [0.25, 0.3) is 5.91 Å². The molecule has 4 rings (SSSR count). The second-order valence-electron chi connectivity index (χ2n) is 7.99. The van der Waals surface area contributed by atoms with E-state index in [9.17, 15) is 4.79 Å². The zero-order valence-corrected chi connectivity index (χ0v) is 16.9. The van der Waals surface area contributed by atoms with Gasteiger partial charge in [0, 0.05) is 30.8 Å². The molecule has 0 bridgehead atoms. The summed E-state index contributed by atoms with van der Waals surface area (Å²) in [5.74, 6) is 1.20. The SMILES string of the molecule is CCc1oc(C(=O)Nc2ccccc2CN2CCCC2)cc1CN1CCCC1. The number of hydrogen-bond acceptors (Lipinski definition) is 4. The first-order valence-electron chi connectivity index (χ1n) is 10.7. The zero-order valence-electron chi connectivity index (χ0n) is 16.9. The second kappa shape index (κ2) is 8.93. The molecule has 2 aliphatic heterocycles. The normalized spacial score (nSPS) is 18.0. The number of para-hydroxylation sites is 1. The Morgan fingerprint density at radius 2 is 1.57 bits per heavy atom. The summed E-state index contributed by atoms with van der Waals surface area (Å²) in [5.41, 5.74) is 3.20. The Morgan fingerprint density at radius 1 is 0.964 bits per heavy atom. The molecule has 5 heteroatoms. The van der Waals surface area contributed by atoms with Crippen molar-refractivity contribution < 1.29 is 9.21 Å². The fourth-order valence-corrected chi connectivity index (χ4v) is 4.34. The Bertz CT molecular complexity index is 802. The van der Waals surface area contributed by atoms with Gasteiger partial charge in [0.2, 0.25) is 0 Å². The first-order chi connectivity index (χ1) is 13.7. The Balaban J connectivity index is 1.47. The Hall–Kier alpha value is -2.11. The van der Waals surface area contributed by atoms with E-state index >= 15 is 0 Å². The first kappa shape index (κ1) is 19.2. The van der Waals surface area contributed by atoms with Crippen molar-refractivity contribution in [2.45, 2.75) is 52.1 Å². The smallest absolute Gasteiger partial charge is 0.291 e. The number of carbonyl (C=O) groups excluding carboxylic acids is 1. The van der Waals surface area contributed by atoms with Gasteiger partial charge in [-0.3, -0.25) is 14.6 Å². The van der Waals surface area contributed by atoms with Crippen LogP contribution in [0.25, 0.3) is 0 Å². The third-order valence-electron chi connectivity index (χ3n) is 5.89. The fraction of sp³-hybridized carbons (Fsp3) is 0.522. The highest BCUT2D eigenvalue weighted by Gasteiger charge is 2.21. The van der Waals surface area contributed by atoms with E-state index in [1.54, 1.807) is 0 Å². The van der Waals surface area contributed by atoms with Crippen LogP contribution < -0.4 is 5.32 Å². The highest BCUT2D eigenvalue weighted by atomic mass is 16.4. The van der Waals surface area contributed by atoms with Gasteiger partial charge < -0.3 is 9.73 Å². The Morgan fingerprint density at radius 3 is 2.21 bits per heavy atom. The topological polar surface area (TPSA) is 48.7 Å². The lowest BCUT2D eigenvalue weighted by Crippen LogP contribution is -2.20. The van der Waals surface area contributed by atoms with E-state index in [1.807, 2.05) is 24.3 Å². The Labute approximate surface area is 167 Å². The molecule has 1 aromatic carbocycles. The lowest BCUT2D eigenvalue weighted by molar-refractivity contribution is 0.0995. The number of anilines is 1. The molecule has 2 saturated heterocycles. The number of likely N-dealkylation sites (tertiary alicyclic amines) is 2. The minimum atomic E-state index is -0.156. The molecule has 5 nitrogen and oxygen atoms in total. The lowest BCUT2D eigenvalue weighted by Gasteiger charge is -2.17. The van der Waals surface area contributed by atoms with E-state index < -0.39 is 0 Å². The van der Waals surface area contributed by atoms with Gasteiger partial charge >= 0.3 is 0 Å². The van der Waals surface area contributed by atoms with Crippen LogP contribution >= 0.6 is 0 Å². The third kappa shape index (κ3) is 4.47. The Kier molecular flexibility index (Phi) is 6.13. The molecule has 28 heavy (non-hydrogen) atoms. The van der Waals surface area contributed by atoms with Gasteiger partial charge in [-0.15, -0.1) is 0 Å². The second-order valence-corrected chi connectivity index (χ2v) is 7.99. The number of benzene rings is 1. The molecule has 0 spiro atoms. The van der Waals surface area contributed by atoms with Gasteiger partial charge in [-0.1, -0.05) is 25.1 Å². The molecule has 1 aromatic heterocycles. The highest BCUT2D eigenvalue weighted by Crippen LogP contribution is 2.24. The van der Waals surface area contributed by atoms with Crippen molar-refractivity contribution in [1.29, 1.82) is 0 Å². The van der Waals surface area contributed by atoms with Gasteiger partial charge in [-0.05, 0) is 69.6 Å². The largest absolute Gasteiger partial charge is 0.456 e. The number of amides is 1. The van der Waals surface area contributed by atoms with E-state index in [0.717, 1.165) is 68.3 Å². The summed E-state index contributed by atoms with van der Waals surface area (Å²) in [6, 6.07) is 10.0. The maximum atomic E-state index is 12.9. The van der Waals surface area contributed by atoms with Crippen LogP contribution in [-0.4, -0.2) is 41.9 Å². The predicted octanol–water partition coefficient (Wildman–Crippen LogP) is 4.29. The lowest BCUT2D eigenvalue weighted by atomic mass is 10.1. The molecule has 0 unspecified atom stereocenters. The van der Waals surface area contributed by atoms with Crippen LogP contribution in [0.5, 0.6) is 0 Å². The number of carbonyl (C=O) groups is 1. The van der Waals surface area contributed by atoms with Crippen LogP contribution in [0.1, 0.15) is 60.0 Å². The minimum Gasteiger partial charge on any atom is -0.456 e. The quantitative estimate of drug-likeness (QED) is 0.777. The predicted molar refractivity (Wildman–Crippen MR) is 112 cm³/mol. The van der Waals surface area contributed by atoms with Gasteiger partial charge in [-0.2, -0.15) is 0 Å². The van der Waals surface area contributed by atoms with Crippen molar-refractivity contribution in [1.82, 2.24) is 9.80 Å². The van der Waals surface area contributed by atoms with Crippen molar-refractivity contribution in [3.8, 4) is 0 Å². The maximum Gasteiger partial charge on any atom is 0.291 e. The van der Waals surface area contributed by atoms with Crippen LogP contribution in [0.15, 0.2) is 34.7 Å². The molecule has 2 aliphatic rings. The summed E-state index contributed by atoms with van der Waals surface area (Å²) in [6.07, 6.45) is 5.87. The minimum absolute atomic E-state index is 0.156. The number of aryl methyl sites for hydroxylation is 1. The van der Waals surface area contributed by atoms with E-state index in [1.165, 1.54) is 25.7 Å². The zero-order chi connectivity index (χ0) is 19.3. The maximum absolute atomic E-state index is 12.9. The molecule has 0 aliphatic carbocycles. The van der Waals surface area contributed by atoms with Gasteiger partial charge in [0.1, 0.15) is 5.76 Å². The summed E-state index contributed by atoms with van der Waals surface area (Å²) in [4.78, 5) is 17.8. The summed E-state index contributed by atoms with van der Waals surface area (Å²) < 4.78 is 5.93. The molecule has 1 N–H and O–H groups in total. The fourth-order valence-electron chi connectivity index (χ4n) is 4.34. The summed E-state index contributed by atoms with van der Waals surface area (Å²) in [5, 5.41) is 3.09. The average Bonchev–Trinajstić information content (AvgIpc) is 3.46. The molecule has 150 valence electrons. The van der Waals surface area contributed by atoms with Crippen LogP contribution in [0, 0.1) is 0 Å². The molecule has 2 aromatic rings. The van der Waals surface area contributed by atoms with Crippen molar-refractivity contribution in [2.75, 3.05) is 31.5 Å². The van der Waals surface area contributed by atoms with Crippen LogP contribution in [-0.2, 0) is 19.5 Å². The van der Waals surface area contributed by atoms with Crippen molar-refractivity contribution in [3.05, 3.63) is 53.0 Å². The van der Waals surface area contributed by atoms with Gasteiger partial charge in [0.05, 0.1) is 0 Å². The molecule has 3 heterocycles. The third-order valence-corrected chi connectivity index (χ3v) is 5.89. The number of furan rings is 1. The van der Waals surface area contributed by atoms with E-state index in [4.69, 9.17) is 4.42 Å². The van der Waals surface area contributed by atoms with E-state index in [0.29, 0.717) is 5.76 Å². The summed E-state index contributed by atoms with van der Waals surface area (Å²) in [7, 11) is 0. The molecule has 0 saturated carbocycles. The van der Waals surface area contributed by atoms with Crippen molar-refractivity contribution >= 4 is 11.6 Å². The van der Waals surface area contributed by atoms with Gasteiger partial charge in [-0.25, -0.2) is 0 Å². The number of nitrogens with zero attached hydrogens (tertiary/aromatic N) is 2. The number of nitrogens with one attached hydrogen (secondary N) is 1. The van der Waals surface area contributed by atoms with Crippen LogP contribution in [0.2, 0.25) is 0 Å². The standard InChI is InChI=1S/C23H31N3O2/c1-2-21-19(17-26-13-7-8-14-26)15-22(28-21)23(27)24-20-10-4-3-9-18(20)16-25-11-5-6-12-25/h3-4,9-10,15H,2,5-8,11-14,16-17H2,1H3,(H,24,27). The van der Waals surface area contributed by atoms with Crippen LogP contribution in [0.3, 0.4) is 0 Å². The number of rotatable bonds is 7. The van der Waals surface area contributed by atoms with Crippen LogP contribution in [0.4, 0.5) is 5.69 Å². The highest BCUT2D eigenvalue weighted by molar-refractivity contribution is 6.02. The van der Waals surface area contributed by atoms with Crippen molar-refractivity contribution in [3.63, 3.8) is 0 Å². The summed E-state index contributed by atoms with van der Waals surface area (Å²) >= 11 is 0. The number of hydrogen-bond donors (Lipinski definition) is 1. The monoisotopic (exact) mass is 381 g/mol. The summed E-state index contributed by atoms with van der Waals surface area (Å²) in [6.45, 7) is 8.40. The molecular weight excluding hydrogens is 350 g/mol. The van der Waals surface area contributed by atoms with Gasteiger partial charge in [0.15, 0.2) is 5.76 Å². The average molecular weight is 382 g/mol. The molecule has 0 atom stereocenters. The van der Waals surface area contributed by atoms with Crippen molar-refractivity contribution in [2.24, 2.45) is 0 Å². The van der Waals surface area contributed by atoms with E-state index in [2.05, 4.69) is 28.1 Å².